The van der Waals surface area contributed by atoms with Gasteiger partial charge in [-0.15, -0.1) is 0 Å². The van der Waals surface area contributed by atoms with Crippen LogP contribution in [0, 0.1) is 17.8 Å². The van der Waals surface area contributed by atoms with Crippen molar-refractivity contribution < 1.29 is 0 Å². The third kappa shape index (κ3) is 4.21. The van der Waals surface area contributed by atoms with Crippen molar-refractivity contribution in [2.75, 3.05) is 39.3 Å². The largest absolute Gasteiger partial charge is 0.303 e. The van der Waals surface area contributed by atoms with Gasteiger partial charge in [0, 0.05) is 6.54 Å². The van der Waals surface area contributed by atoms with Gasteiger partial charge in [-0.25, -0.2) is 0 Å². The molecular weight excluding hydrogens is 244 g/mol. The van der Waals surface area contributed by atoms with Gasteiger partial charge in [-0.3, -0.25) is 0 Å². The maximum absolute atomic E-state index is 2.76. The van der Waals surface area contributed by atoms with Crippen molar-refractivity contribution in [2.45, 2.75) is 58.3 Å². The van der Waals surface area contributed by atoms with Crippen LogP contribution in [-0.4, -0.2) is 49.1 Å². The van der Waals surface area contributed by atoms with Gasteiger partial charge < -0.3 is 9.80 Å². The molecule has 0 unspecified atom stereocenters. The number of hydrogen-bond donors (Lipinski definition) is 0. The molecule has 0 spiro atoms. The maximum Gasteiger partial charge on any atom is 0.000986 e. The van der Waals surface area contributed by atoms with Crippen molar-refractivity contribution in [3.05, 3.63) is 0 Å². The molecular formula is C18H34N2. The SMILES string of the molecule is C[C@H]1C[C@H](CN2CCC(CCN3CCCCC3)CC2)C1. The van der Waals surface area contributed by atoms with E-state index in [-0.39, 0.29) is 0 Å². The Hall–Kier alpha value is -0.0800. The average Bonchev–Trinajstić information content (AvgIpc) is 2.46. The number of piperidine rings is 2. The summed E-state index contributed by atoms with van der Waals surface area (Å²) >= 11 is 0. The molecule has 0 aromatic rings. The first-order valence-corrected chi connectivity index (χ1v) is 9.24. The maximum atomic E-state index is 2.76. The predicted octanol–water partition coefficient (Wildman–Crippen LogP) is 3.62. The molecule has 2 heteroatoms. The summed E-state index contributed by atoms with van der Waals surface area (Å²) in [5.74, 6) is 3.07. The lowest BCUT2D eigenvalue weighted by Gasteiger charge is -2.40. The number of rotatable bonds is 5. The Kier molecular flexibility index (Phi) is 5.39. The standard InChI is InChI=1S/C18H34N2/c1-16-13-18(14-16)15-20-11-6-17(7-12-20)5-10-19-8-3-2-4-9-19/h16-18H,2-15H2,1H3/t16-,18-. The Morgan fingerprint density at radius 3 is 2.15 bits per heavy atom. The number of likely N-dealkylation sites (tertiary alicyclic amines) is 2. The van der Waals surface area contributed by atoms with E-state index in [2.05, 4.69) is 16.7 Å². The highest BCUT2D eigenvalue weighted by atomic mass is 15.1. The summed E-state index contributed by atoms with van der Waals surface area (Å²) < 4.78 is 0. The first kappa shape index (κ1) is 14.8. The van der Waals surface area contributed by atoms with Crippen LogP contribution in [0.4, 0.5) is 0 Å². The van der Waals surface area contributed by atoms with Gasteiger partial charge >= 0.3 is 0 Å². The third-order valence-corrected chi connectivity index (χ3v) is 6.00. The number of nitrogens with zero attached hydrogens (tertiary/aromatic N) is 2. The fourth-order valence-corrected chi connectivity index (χ4v) is 4.59. The van der Waals surface area contributed by atoms with Crippen molar-refractivity contribution >= 4 is 0 Å². The van der Waals surface area contributed by atoms with Gasteiger partial charge in [0.1, 0.15) is 0 Å². The van der Waals surface area contributed by atoms with Crippen molar-refractivity contribution in [1.29, 1.82) is 0 Å². The van der Waals surface area contributed by atoms with Gasteiger partial charge in [0.25, 0.3) is 0 Å². The second-order valence-electron chi connectivity index (χ2n) is 7.88. The molecule has 0 aromatic carbocycles. The quantitative estimate of drug-likeness (QED) is 0.758. The lowest BCUT2D eigenvalue weighted by atomic mass is 9.75. The third-order valence-electron chi connectivity index (χ3n) is 6.00. The van der Waals surface area contributed by atoms with Crippen LogP contribution in [0.25, 0.3) is 0 Å². The molecule has 0 bridgehead atoms. The molecule has 0 amide bonds. The molecule has 2 saturated heterocycles. The summed E-state index contributed by atoms with van der Waals surface area (Å²) in [5.41, 5.74) is 0. The van der Waals surface area contributed by atoms with Crippen LogP contribution in [0.1, 0.15) is 58.3 Å². The molecule has 0 aromatic heterocycles. The molecule has 3 fully saturated rings. The topological polar surface area (TPSA) is 6.48 Å². The van der Waals surface area contributed by atoms with E-state index in [1.165, 1.54) is 90.6 Å². The molecule has 1 aliphatic carbocycles. The van der Waals surface area contributed by atoms with Gasteiger partial charge in [0.2, 0.25) is 0 Å². The smallest absolute Gasteiger partial charge is 0.000986 e. The molecule has 1 saturated carbocycles. The van der Waals surface area contributed by atoms with Crippen molar-refractivity contribution in [2.24, 2.45) is 17.8 Å². The summed E-state index contributed by atoms with van der Waals surface area (Å²) in [6.45, 7) is 10.7. The Morgan fingerprint density at radius 2 is 1.50 bits per heavy atom. The van der Waals surface area contributed by atoms with Crippen LogP contribution in [0.15, 0.2) is 0 Å². The molecule has 0 atom stereocenters. The van der Waals surface area contributed by atoms with Gasteiger partial charge in [-0.1, -0.05) is 13.3 Å². The molecule has 0 radical (unpaired) electrons. The monoisotopic (exact) mass is 278 g/mol. The summed E-state index contributed by atoms with van der Waals surface area (Å²) in [5, 5.41) is 0. The van der Waals surface area contributed by atoms with E-state index in [4.69, 9.17) is 0 Å². The molecule has 0 N–H and O–H groups in total. The zero-order chi connectivity index (χ0) is 13.8. The molecule has 2 nitrogen and oxygen atoms in total. The first-order valence-electron chi connectivity index (χ1n) is 9.24. The van der Waals surface area contributed by atoms with Crippen LogP contribution < -0.4 is 0 Å². The van der Waals surface area contributed by atoms with Crippen LogP contribution in [-0.2, 0) is 0 Å². The molecule has 116 valence electrons. The second-order valence-corrected chi connectivity index (χ2v) is 7.88. The van der Waals surface area contributed by atoms with E-state index in [9.17, 15) is 0 Å². The van der Waals surface area contributed by atoms with E-state index in [0.717, 1.165) is 17.8 Å². The van der Waals surface area contributed by atoms with Gasteiger partial charge in [-0.05, 0) is 95.4 Å². The molecule has 2 heterocycles. The Balaban J connectivity index is 1.28. The van der Waals surface area contributed by atoms with E-state index in [1.54, 1.807) is 0 Å². The lowest BCUT2D eigenvalue weighted by Crippen LogP contribution is -2.41. The normalized spacial score (nSPS) is 34.0. The van der Waals surface area contributed by atoms with Crippen LogP contribution in [0.5, 0.6) is 0 Å². The molecule has 20 heavy (non-hydrogen) atoms. The highest BCUT2D eigenvalue weighted by Gasteiger charge is 2.28. The Bertz CT molecular complexity index is 271. The van der Waals surface area contributed by atoms with E-state index in [0.29, 0.717) is 0 Å². The Morgan fingerprint density at radius 1 is 0.800 bits per heavy atom. The highest BCUT2D eigenvalue weighted by molar-refractivity contribution is 4.81. The Labute approximate surface area is 125 Å². The van der Waals surface area contributed by atoms with E-state index < -0.39 is 0 Å². The van der Waals surface area contributed by atoms with E-state index in [1.807, 2.05) is 0 Å². The van der Waals surface area contributed by atoms with Gasteiger partial charge in [-0.2, -0.15) is 0 Å². The number of hydrogen-bond acceptors (Lipinski definition) is 2. The summed E-state index contributed by atoms with van der Waals surface area (Å²) in [6.07, 6.45) is 11.7. The molecule has 3 rings (SSSR count). The zero-order valence-electron chi connectivity index (χ0n) is 13.5. The molecule has 3 aliphatic rings. The molecule has 2 aliphatic heterocycles. The van der Waals surface area contributed by atoms with Crippen molar-refractivity contribution in [3.63, 3.8) is 0 Å². The van der Waals surface area contributed by atoms with Gasteiger partial charge in [0.15, 0.2) is 0 Å². The minimum atomic E-state index is 1.02. The fraction of sp³-hybridized carbons (Fsp3) is 1.00. The second kappa shape index (κ2) is 7.26. The summed E-state index contributed by atoms with van der Waals surface area (Å²) in [6, 6.07) is 0. The minimum Gasteiger partial charge on any atom is -0.303 e. The average molecular weight is 278 g/mol. The minimum absolute atomic E-state index is 1.02. The van der Waals surface area contributed by atoms with Crippen molar-refractivity contribution in [1.82, 2.24) is 9.80 Å². The summed E-state index contributed by atoms with van der Waals surface area (Å²) in [4.78, 5) is 5.47. The highest BCUT2D eigenvalue weighted by Crippen LogP contribution is 2.34. The van der Waals surface area contributed by atoms with Crippen molar-refractivity contribution in [3.8, 4) is 0 Å². The van der Waals surface area contributed by atoms with Crippen LogP contribution >= 0.6 is 0 Å². The van der Waals surface area contributed by atoms with E-state index >= 15 is 0 Å². The van der Waals surface area contributed by atoms with Crippen LogP contribution in [0.3, 0.4) is 0 Å². The lowest BCUT2D eigenvalue weighted by molar-refractivity contribution is 0.0985. The van der Waals surface area contributed by atoms with Gasteiger partial charge in [0.05, 0.1) is 0 Å². The van der Waals surface area contributed by atoms with Crippen LogP contribution in [0.2, 0.25) is 0 Å². The predicted molar refractivity (Wildman–Crippen MR) is 86.0 cm³/mol. The zero-order valence-corrected chi connectivity index (χ0v) is 13.5. The first-order chi connectivity index (χ1) is 9.79. The summed E-state index contributed by atoms with van der Waals surface area (Å²) in [7, 11) is 0. The fourth-order valence-electron chi connectivity index (χ4n) is 4.59.